The molecule has 0 aliphatic heterocycles. The lowest BCUT2D eigenvalue weighted by molar-refractivity contribution is 0.264. The molecule has 2 saturated carbocycles. The second-order valence-corrected chi connectivity index (χ2v) is 4.97. The highest BCUT2D eigenvalue weighted by Gasteiger charge is 2.59. The van der Waals surface area contributed by atoms with Crippen LogP contribution in [0.2, 0.25) is 0 Å². The summed E-state index contributed by atoms with van der Waals surface area (Å²) in [5.74, 6) is 1.20. The summed E-state index contributed by atoms with van der Waals surface area (Å²) >= 11 is 0. The summed E-state index contributed by atoms with van der Waals surface area (Å²) in [7, 11) is 0. The zero-order valence-electron chi connectivity index (χ0n) is 8.44. The number of fused-ring (bicyclic) bond motifs is 1. The quantitative estimate of drug-likeness (QED) is 0.520. The molecule has 0 heterocycles. The molecule has 0 nitrogen and oxygen atoms in total. The molecule has 0 radical (unpaired) electrons. The monoisotopic (exact) mass is 166 g/mol. The van der Waals surface area contributed by atoms with Crippen molar-refractivity contribution in [2.24, 2.45) is 11.3 Å². The van der Waals surface area contributed by atoms with Gasteiger partial charge in [-0.2, -0.15) is 0 Å². The van der Waals surface area contributed by atoms with Gasteiger partial charge < -0.3 is 0 Å². The maximum Gasteiger partial charge on any atom is -0.0266 e. The highest BCUT2D eigenvalue weighted by atomic mass is 14.6. The average molecular weight is 166 g/mol. The molecule has 70 valence electrons. The van der Waals surface area contributed by atoms with E-state index in [4.69, 9.17) is 0 Å². The summed E-state index contributed by atoms with van der Waals surface area (Å²) < 4.78 is 0. The fourth-order valence-electron chi connectivity index (χ4n) is 2.90. The predicted molar refractivity (Wildman–Crippen MR) is 53.2 cm³/mol. The Labute approximate surface area is 76.7 Å². The minimum Gasteiger partial charge on any atom is -0.0654 e. The van der Waals surface area contributed by atoms with Crippen LogP contribution in [0.4, 0.5) is 0 Å². The lowest BCUT2D eigenvalue weighted by Crippen LogP contribution is -2.13. The summed E-state index contributed by atoms with van der Waals surface area (Å²) in [5.41, 5.74) is 0.937. The second-order valence-electron chi connectivity index (χ2n) is 4.97. The highest BCUT2D eigenvalue weighted by molar-refractivity contribution is 5.09. The van der Waals surface area contributed by atoms with Crippen LogP contribution in [0.25, 0.3) is 0 Å². The topological polar surface area (TPSA) is 0 Å². The van der Waals surface area contributed by atoms with Gasteiger partial charge in [0.1, 0.15) is 0 Å². The van der Waals surface area contributed by atoms with Gasteiger partial charge in [-0.3, -0.25) is 0 Å². The third-order valence-corrected chi connectivity index (χ3v) is 4.13. The summed E-state index contributed by atoms with van der Waals surface area (Å²) in [5, 5.41) is 0. The van der Waals surface area contributed by atoms with Crippen molar-refractivity contribution in [3.63, 3.8) is 0 Å². The Balaban J connectivity index is 1.47. The minimum absolute atomic E-state index is 0.937. The predicted octanol–water partition coefficient (Wildman–Crippen LogP) is 4.15. The summed E-state index contributed by atoms with van der Waals surface area (Å²) in [4.78, 5) is 0. The Morgan fingerprint density at radius 3 is 2.50 bits per heavy atom. The molecule has 0 heteroatoms. The third kappa shape index (κ3) is 1.53. The molecule has 0 amide bonds. The number of hydrogen-bond donors (Lipinski definition) is 0. The van der Waals surface area contributed by atoms with Crippen LogP contribution in [-0.2, 0) is 0 Å². The molecule has 0 N–H and O–H groups in total. The van der Waals surface area contributed by atoms with E-state index in [0.29, 0.717) is 0 Å². The van der Waals surface area contributed by atoms with Crippen LogP contribution in [0.15, 0.2) is 0 Å². The van der Waals surface area contributed by atoms with Crippen molar-refractivity contribution in [2.45, 2.75) is 64.7 Å². The van der Waals surface area contributed by atoms with E-state index in [9.17, 15) is 0 Å². The first-order valence-electron chi connectivity index (χ1n) is 5.87. The number of unbranched alkanes of at least 4 members (excludes halogenated alkanes) is 4. The molecule has 0 aromatic rings. The van der Waals surface area contributed by atoms with E-state index in [1.807, 2.05) is 0 Å². The zero-order valence-corrected chi connectivity index (χ0v) is 8.44. The molecule has 0 spiro atoms. The van der Waals surface area contributed by atoms with Crippen molar-refractivity contribution in [1.82, 2.24) is 0 Å². The number of hydrogen-bond acceptors (Lipinski definition) is 0. The van der Waals surface area contributed by atoms with E-state index in [-0.39, 0.29) is 0 Å². The van der Waals surface area contributed by atoms with Gasteiger partial charge in [-0.1, -0.05) is 39.0 Å². The fraction of sp³-hybridized carbons (Fsp3) is 1.00. The minimum atomic E-state index is 0.937. The summed E-state index contributed by atoms with van der Waals surface area (Å²) in [6.45, 7) is 2.29. The van der Waals surface area contributed by atoms with Crippen LogP contribution >= 0.6 is 0 Å². The molecule has 0 saturated heterocycles. The maximum atomic E-state index is 2.29. The molecular weight excluding hydrogens is 144 g/mol. The maximum absolute atomic E-state index is 2.29. The molecular formula is C12H22. The van der Waals surface area contributed by atoms with Crippen molar-refractivity contribution in [3.05, 3.63) is 0 Å². The van der Waals surface area contributed by atoms with Crippen LogP contribution in [0.5, 0.6) is 0 Å². The lowest BCUT2D eigenvalue weighted by Gasteiger charge is -2.25. The van der Waals surface area contributed by atoms with Crippen molar-refractivity contribution in [3.8, 4) is 0 Å². The van der Waals surface area contributed by atoms with Gasteiger partial charge in [-0.05, 0) is 37.0 Å². The molecule has 2 aliphatic rings. The highest BCUT2D eigenvalue weighted by Crippen LogP contribution is 2.70. The normalized spacial score (nSPS) is 37.2. The van der Waals surface area contributed by atoms with Crippen LogP contribution in [0.1, 0.15) is 64.7 Å². The molecule has 12 heavy (non-hydrogen) atoms. The van der Waals surface area contributed by atoms with Crippen LogP contribution in [-0.4, -0.2) is 0 Å². The van der Waals surface area contributed by atoms with E-state index in [2.05, 4.69) is 6.92 Å². The van der Waals surface area contributed by atoms with Crippen molar-refractivity contribution < 1.29 is 0 Å². The number of rotatable bonds is 6. The Hall–Kier alpha value is 0. The largest absolute Gasteiger partial charge is 0.0654 e. The van der Waals surface area contributed by atoms with Crippen molar-refractivity contribution in [2.75, 3.05) is 0 Å². The molecule has 0 aromatic heterocycles. The standard InChI is InChI=1S/C12H22/c1-2-3-4-5-6-8-12-9-7-11(12)10-12/h11H,2-10H2,1H3. The second kappa shape index (κ2) is 3.40. The molecule has 0 bridgehead atoms. The lowest BCUT2D eigenvalue weighted by atomic mass is 9.81. The SMILES string of the molecule is CCCCCCCC12CCC1C2. The molecule has 0 aromatic carbocycles. The van der Waals surface area contributed by atoms with Gasteiger partial charge in [0, 0.05) is 0 Å². The molecule has 2 unspecified atom stereocenters. The Morgan fingerprint density at radius 2 is 2.00 bits per heavy atom. The van der Waals surface area contributed by atoms with E-state index >= 15 is 0 Å². The smallest absolute Gasteiger partial charge is 0.0266 e. The first-order valence-corrected chi connectivity index (χ1v) is 5.87. The Morgan fingerprint density at radius 1 is 1.17 bits per heavy atom. The molecule has 2 aliphatic carbocycles. The van der Waals surface area contributed by atoms with Crippen LogP contribution in [0.3, 0.4) is 0 Å². The Bertz CT molecular complexity index is 146. The van der Waals surface area contributed by atoms with E-state index in [0.717, 1.165) is 5.41 Å². The van der Waals surface area contributed by atoms with Gasteiger partial charge in [0.2, 0.25) is 0 Å². The van der Waals surface area contributed by atoms with Gasteiger partial charge in [-0.25, -0.2) is 0 Å². The molecule has 2 atom stereocenters. The van der Waals surface area contributed by atoms with Gasteiger partial charge in [-0.15, -0.1) is 0 Å². The van der Waals surface area contributed by atoms with Crippen LogP contribution < -0.4 is 0 Å². The third-order valence-electron chi connectivity index (χ3n) is 4.13. The first-order chi connectivity index (χ1) is 5.87. The molecule has 2 rings (SSSR count). The fourth-order valence-corrected chi connectivity index (χ4v) is 2.90. The van der Waals surface area contributed by atoms with Crippen molar-refractivity contribution >= 4 is 0 Å². The van der Waals surface area contributed by atoms with Gasteiger partial charge in [0.25, 0.3) is 0 Å². The Kier molecular flexibility index (Phi) is 2.43. The van der Waals surface area contributed by atoms with Crippen molar-refractivity contribution in [1.29, 1.82) is 0 Å². The summed E-state index contributed by atoms with van der Waals surface area (Å²) in [6, 6.07) is 0. The molecule has 2 fully saturated rings. The van der Waals surface area contributed by atoms with Crippen LogP contribution in [0, 0.1) is 11.3 Å². The van der Waals surface area contributed by atoms with E-state index in [1.54, 1.807) is 25.7 Å². The zero-order chi connectivity index (χ0) is 8.44. The van der Waals surface area contributed by atoms with E-state index in [1.165, 1.54) is 38.0 Å². The summed E-state index contributed by atoms with van der Waals surface area (Å²) in [6.07, 6.45) is 13.7. The van der Waals surface area contributed by atoms with Gasteiger partial charge in [0.05, 0.1) is 0 Å². The van der Waals surface area contributed by atoms with Gasteiger partial charge in [0.15, 0.2) is 0 Å². The van der Waals surface area contributed by atoms with Gasteiger partial charge >= 0.3 is 0 Å². The average Bonchev–Trinajstić information content (AvgIpc) is 2.56. The first kappa shape index (κ1) is 8.59. The van der Waals surface area contributed by atoms with E-state index < -0.39 is 0 Å².